The van der Waals surface area contributed by atoms with Gasteiger partial charge in [0.2, 0.25) is 0 Å². The molecule has 0 heterocycles. The van der Waals surface area contributed by atoms with Crippen LogP contribution in [-0.2, 0) is 0 Å². The smallest absolute Gasteiger partial charge is 0.316 e. The number of benzene rings is 1. The molecule has 0 aliphatic heterocycles. The fraction of sp³-hybridized carbons (Fsp3) is 0.462. The molecule has 116 valence electrons. The van der Waals surface area contributed by atoms with Gasteiger partial charge in [-0.1, -0.05) is 20.8 Å². The van der Waals surface area contributed by atoms with Crippen LogP contribution < -0.4 is 15.5 Å². The normalized spacial score (nSPS) is 11.9. The van der Waals surface area contributed by atoms with Crippen LogP contribution in [0.1, 0.15) is 20.8 Å². The van der Waals surface area contributed by atoms with E-state index in [9.17, 15) is 14.9 Å². The lowest BCUT2D eigenvalue weighted by Crippen LogP contribution is -2.44. The Bertz CT molecular complexity index is 567. The quantitative estimate of drug-likeness (QED) is 0.504. The van der Waals surface area contributed by atoms with Crippen LogP contribution in [-0.4, -0.2) is 19.3 Å². The molecule has 0 radical (unpaired) electrons. The molecule has 0 unspecified atom stereocenters. The number of nitro groups is 1. The van der Waals surface area contributed by atoms with Crippen LogP contribution in [0.15, 0.2) is 18.2 Å². The van der Waals surface area contributed by atoms with E-state index < -0.39 is 19.3 Å². The Morgan fingerprint density at radius 1 is 1.38 bits per heavy atom. The highest BCUT2D eigenvalue weighted by Crippen LogP contribution is 2.40. The minimum absolute atomic E-state index is 0.0817. The van der Waals surface area contributed by atoms with Crippen molar-refractivity contribution in [1.82, 2.24) is 0 Å². The van der Waals surface area contributed by atoms with Crippen LogP contribution in [0, 0.1) is 10.1 Å². The molecule has 21 heavy (non-hydrogen) atoms. The number of nitrogens with two attached hydrogens (primary N) is 1. The highest BCUT2D eigenvalue weighted by atomic mass is 28.4. The van der Waals surface area contributed by atoms with E-state index >= 15 is 0 Å². The number of hydrogen-bond donors (Lipinski definition) is 2. The van der Waals surface area contributed by atoms with Crippen LogP contribution in [0.4, 0.5) is 16.2 Å². The molecule has 0 spiro atoms. The number of urea groups is 1. The molecule has 7 nitrogen and oxygen atoms in total. The van der Waals surface area contributed by atoms with Gasteiger partial charge < -0.3 is 15.5 Å². The lowest BCUT2D eigenvalue weighted by molar-refractivity contribution is -0.384. The van der Waals surface area contributed by atoms with Gasteiger partial charge >= 0.3 is 6.03 Å². The first-order valence-electron chi connectivity index (χ1n) is 6.48. The molecule has 0 atom stereocenters. The van der Waals surface area contributed by atoms with Crippen molar-refractivity contribution in [3.05, 3.63) is 28.3 Å². The highest BCUT2D eigenvalue weighted by Gasteiger charge is 2.39. The van der Waals surface area contributed by atoms with Crippen LogP contribution in [0.25, 0.3) is 0 Å². The Hall–Kier alpha value is -2.09. The fourth-order valence-corrected chi connectivity index (χ4v) is 2.40. The molecule has 1 rings (SSSR count). The van der Waals surface area contributed by atoms with Crippen LogP contribution >= 0.6 is 0 Å². The number of anilines is 1. The minimum atomic E-state index is -2.20. The molecule has 0 bridgehead atoms. The molecule has 0 aromatic heterocycles. The third-order valence-electron chi connectivity index (χ3n) is 3.61. The Kier molecular flexibility index (Phi) is 4.62. The highest BCUT2D eigenvalue weighted by molar-refractivity contribution is 6.74. The zero-order valence-electron chi connectivity index (χ0n) is 12.9. The summed E-state index contributed by atoms with van der Waals surface area (Å²) < 4.78 is 6.05. The van der Waals surface area contributed by atoms with Gasteiger partial charge in [0.05, 0.1) is 16.7 Å². The van der Waals surface area contributed by atoms with E-state index in [1.807, 2.05) is 13.1 Å². The van der Waals surface area contributed by atoms with Crippen molar-refractivity contribution in [2.75, 3.05) is 5.32 Å². The van der Waals surface area contributed by atoms with Crippen LogP contribution in [0.5, 0.6) is 5.75 Å². The number of carbonyl (C=O) groups is 1. The van der Waals surface area contributed by atoms with E-state index in [0.717, 1.165) is 0 Å². The summed E-state index contributed by atoms with van der Waals surface area (Å²) in [5, 5.41) is 13.2. The van der Waals surface area contributed by atoms with Crippen molar-refractivity contribution in [2.24, 2.45) is 5.73 Å². The van der Waals surface area contributed by atoms with E-state index in [1.165, 1.54) is 18.2 Å². The van der Waals surface area contributed by atoms with Crippen molar-refractivity contribution in [2.45, 2.75) is 38.9 Å². The first-order valence-corrected chi connectivity index (χ1v) is 9.39. The van der Waals surface area contributed by atoms with Gasteiger partial charge in [-0.15, -0.1) is 0 Å². The summed E-state index contributed by atoms with van der Waals surface area (Å²) in [4.78, 5) is 21.4. The number of nitro benzene ring substituents is 1. The Morgan fingerprint density at radius 3 is 2.38 bits per heavy atom. The van der Waals surface area contributed by atoms with Crippen molar-refractivity contribution in [3.8, 4) is 5.75 Å². The Morgan fingerprint density at radius 2 is 1.95 bits per heavy atom. The van der Waals surface area contributed by atoms with Gasteiger partial charge in [-0.25, -0.2) is 4.79 Å². The second-order valence-electron chi connectivity index (χ2n) is 6.29. The molecule has 1 aromatic carbocycles. The third-order valence-corrected chi connectivity index (χ3v) is 7.95. The van der Waals surface area contributed by atoms with Gasteiger partial charge in [-0.3, -0.25) is 10.1 Å². The zero-order chi connectivity index (χ0) is 16.4. The van der Waals surface area contributed by atoms with Gasteiger partial charge in [-0.2, -0.15) is 0 Å². The molecule has 8 heteroatoms. The molecular formula is C13H21N3O4Si. The maximum absolute atomic E-state index is 11.0. The van der Waals surface area contributed by atoms with Gasteiger partial charge in [-0.05, 0) is 24.2 Å². The molecular weight excluding hydrogens is 290 g/mol. The topological polar surface area (TPSA) is 107 Å². The largest absolute Gasteiger partial charge is 0.542 e. The maximum atomic E-state index is 11.0. The number of rotatable bonds is 4. The summed E-state index contributed by atoms with van der Waals surface area (Å²) in [6, 6.07) is 3.28. The van der Waals surface area contributed by atoms with Crippen molar-refractivity contribution >= 4 is 25.7 Å². The van der Waals surface area contributed by atoms with Crippen molar-refractivity contribution in [1.29, 1.82) is 0 Å². The molecule has 0 aliphatic rings. The lowest BCUT2D eigenvalue weighted by atomic mass is 10.2. The number of hydrogen-bond acceptors (Lipinski definition) is 4. The molecule has 1 aromatic rings. The van der Waals surface area contributed by atoms with Gasteiger partial charge in [0, 0.05) is 6.07 Å². The zero-order valence-corrected chi connectivity index (χ0v) is 13.9. The summed E-state index contributed by atoms with van der Waals surface area (Å²) in [6.45, 7) is 10.2. The molecule has 0 saturated heterocycles. The van der Waals surface area contributed by atoms with Gasteiger partial charge in [0.1, 0.15) is 5.75 Å². The number of primary amides is 1. The van der Waals surface area contributed by atoms with E-state index in [4.69, 9.17) is 10.2 Å². The summed E-state index contributed by atoms with van der Waals surface area (Å²) in [5.74, 6) is 0.273. The van der Waals surface area contributed by atoms with Crippen molar-refractivity contribution < 1.29 is 14.1 Å². The predicted molar refractivity (Wildman–Crippen MR) is 84.1 cm³/mol. The SMILES string of the molecule is CC(C)(C)[Si](C)(C)Oc1cc([N+](=O)[O-])ccc1NC(N)=O. The molecule has 3 N–H and O–H groups in total. The second-order valence-corrected chi connectivity index (χ2v) is 11.0. The lowest BCUT2D eigenvalue weighted by Gasteiger charge is -2.36. The average molecular weight is 311 g/mol. The second kappa shape index (κ2) is 5.72. The average Bonchev–Trinajstić information content (AvgIpc) is 2.28. The number of amides is 2. The molecule has 0 fully saturated rings. The first-order chi connectivity index (χ1) is 9.44. The van der Waals surface area contributed by atoms with Crippen LogP contribution in [0.2, 0.25) is 18.1 Å². The summed E-state index contributed by atoms with van der Waals surface area (Å²) in [5.41, 5.74) is 5.35. The summed E-state index contributed by atoms with van der Waals surface area (Å²) in [7, 11) is -2.20. The van der Waals surface area contributed by atoms with Gasteiger partial charge in [0.25, 0.3) is 14.0 Å². The monoisotopic (exact) mass is 311 g/mol. The number of nitrogens with one attached hydrogen (secondary N) is 1. The van der Waals surface area contributed by atoms with E-state index in [1.54, 1.807) is 0 Å². The molecule has 2 amide bonds. The number of carbonyl (C=O) groups excluding carboxylic acids is 1. The maximum Gasteiger partial charge on any atom is 0.316 e. The summed E-state index contributed by atoms with van der Waals surface area (Å²) in [6.07, 6.45) is 0. The van der Waals surface area contributed by atoms with Crippen LogP contribution in [0.3, 0.4) is 0 Å². The van der Waals surface area contributed by atoms with E-state index in [0.29, 0.717) is 5.69 Å². The first kappa shape index (κ1) is 17.0. The van der Waals surface area contributed by atoms with E-state index in [2.05, 4.69) is 26.1 Å². The fourth-order valence-electron chi connectivity index (χ4n) is 1.37. The van der Waals surface area contributed by atoms with Crippen molar-refractivity contribution in [3.63, 3.8) is 0 Å². The molecule has 0 saturated carbocycles. The third kappa shape index (κ3) is 4.18. The number of non-ortho nitro benzene ring substituents is 1. The Labute approximate surface area is 124 Å². The molecule has 0 aliphatic carbocycles. The van der Waals surface area contributed by atoms with Gasteiger partial charge in [0.15, 0.2) is 0 Å². The van der Waals surface area contributed by atoms with E-state index in [-0.39, 0.29) is 16.5 Å². The standard InChI is InChI=1S/C13H21N3O4Si/c1-13(2,3)21(4,5)20-11-8-9(16(18)19)6-7-10(11)15-12(14)17/h6-8H,1-5H3,(H3,14,15,17). The predicted octanol–water partition coefficient (Wildman–Crippen LogP) is 3.47. The summed E-state index contributed by atoms with van der Waals surface area (Å²) >= 11 is 0. The Balaban J connectivity index is 3.26. The minimum Gasteiger partial charge on any atom is -0.542 e. The number of nitrogens with zero attached hydrogens (tertiary/aromatic N) is 1.